The maximum Gasteiger partial charge on any atom is 0.343 e. The number of carbonyl (C=O) groups is 6. The van der Waals surface area contributed by atoms with Gasteiger partial charge in [-0.2, -0.15) is 0 Å². The molecule has 0 saturated carbocycles. The monoisotopic (exact) mass is 722 g/mol. The van der Waals surface area contributed by atoms with Gasteiger partial charge in [0.25, 0.3) is 23.6 Å². The van der Waals surface area contributed by atoms with Crippen LogP contribution in [0.1, 0.15) is 20.7 Å². The molecule has 3 aliphatic rings. The van der Waals surface area contributed by atoms with Gasteiger partial charge in [0.15, 0.2) is 0 Å². The van der Waals surface area contributed by atoms with Gasteiger partial charge in [-0.1, -0.05) is 36.4 Å². The van der Waals surface area contributed by atoms with Gasteiger partial charge in [-0.25, -0.2) is 19.4 Å². The summed E-state index contributed by atoms with van der Waals surface area (Å²) in [6.45, 7) is 0. The zero-order valence-electron chi connectivity index (χ0n) is 27.2. The highest BCUT2D eigenvalue weighted by atomic mass is 31.2. The van der Waals surface area contributed by atoms with Gasteiger partial charge >= 0.3 is 19.3 Å². The fourth-order valence-corrected chi connectivity index (χ4v) is 8.49. The van der Waals surface area contributed by atoms with Crippen molar-refractivity contribution in [3.63, 3.8) is 0 Å². The summed E-state index contributed by atoms with van der Waals surface area (Å²) >= 11 is 0. The van der Waals surface area contributed by atoms with Gasteiger partial charge in [0, 0.05) is 29.9 Å². The number of amides is 4. The number of benzene rings is 5. The highest BCUT2D eigenvalue weighted by Crippen LogP contribution is 2.55. The van der Waals surface area contributed by atoms with E-state index in [9.17, 15) is 28.8 Å². The second-order valence-corrected chi connectivity index (χ2v) is 14.1. The predicted molar refractivity (Wildman–Crippen MR) is 192 cm³/mol. The van der Waals surface area contributed by atoms with Crippen molar-refractivity contribution in [1.29, 1.82) is 0 Å². The van der Waals surface area contributed by atoms with Crippen molar-refractivity contribution in [2.75, 3.05) is 9.80 Å². The minimum atomic E-state index is -4.11. The Balaban J connectivity index is 1.13. The zero-order chi connectivity index (χ0) is 36.9. The van der Waals surface area contributed by atoms with E-state index in [0.717, 1.165) is 34.1 Å². The number of para-hydroxylation sites is 1. The molecule has 5 aromatic carbocycles. The number of esters is 2. The smallest absolute Gasteiger partial charge is 0.343 e. The van der Waals surface area contributed by atoms with Crippen LogP contribution in [0.25, 0.3) is 11.1 Å². The molecule has 3 heterocycles. The average molecular weight is 723 g/mol. The van der Waals surface area contributed by atoms with E-state index in [4.69, 9.17) is 14.0 Å². The molecule has 53 heavy (non-hydrogen) atoms. The van der Waals surface area contributed by atoms with Gasteiger partial charge in [0.2, 0.25) is 0 Å². The number of carbonyl (C=O) groups excluding carboxylic acids is 6. The Morgan fingerprint density at radius 2 is 1.02 bits per heavy atom. The Morgan fingerprint density at radius 1 is 0.528 bits per heavy atom. The quantitative estimate of drug-likeness (QED) is 0.0940. The van der Waals surface area contributed by atoms with Crippen molar-refractivity contribution in [3.05, 3.63) is 151 Å². The first-order chi connectivity index (χ1) is 25.6. The number of hydrogen-bond donors (Lipinski definition) is 0. The molecule has 13 heteroatoms. The third kappa shape index (κ3) is 5.82. The molecule has 5 aromatic rings. The number of hydrogen-bond acceptors (Lipinski definition) is 10. The Labute approximate surface area is 300 Å². The zero-order valence-corrected chi connectivity index (χ0v) is 28.1. The molecule has 258 valence electrons. The number of fused-ring (bicyclic) bond motifs is 3. The summed E-state index contributed by atoms with van der Waals surface area (Å²) in [4.78, 5) is 77.1. The van der Waals surface area contributed by atoms with Crippen LogP contribution in [0.3, 0.4) is 0 Å². The standard InChI is InChI=1S/C40H23N2O10P/c43-35-19-20-36(44)41(35)26-13-9-24(10-14-26)39(47)50-28-17-18-32(51-40(48)25-11-15-27(16-12-25)42-37(45)21-22-38(42)46)34(23-28)53(49)33-8-4-2-6-30(33)29-5-1-3-7-31(29)52-53/h1-23H. The van der Waals surface area contributed by atoms with E-state index in [1.54, 1.807) is 36.4 Å². The first-order valence-corrected chi connectivity index (χ1v) is 17.6. The SMILES string of the molecule is O=C(Oc1ccc(OC(=O)c2ccc(N3C(=O)C=CC3=O)cc2)c(P2(=O)Oc3ccccc3-c3ccccc32)c1)c1ccc(N2C(=O)C=CC2=O)cc1. The van der Waals surface area contributed by atoms with Crippen LogP contribution in [0.15, 0.2) is 140 Å². The number of ether oxygens (including phenoxy) is 2. The molecule has 12 nitrogen and oxygen atoms in total. The van der Waals surface area contributed by atoms with Crippen LogP contribution < -0.4 is 34.4 Å². The Hall–Kier alpha value is -7.17. The summed E-state index contributed by atoms with van der Waals surface area (Å²) in [6, 6.07) is 29.3. The lowest BCUT2D eigenvalue weighted by Crippen LogP contribution is -2.29. The maximum atomic E-state index is 15.2. The van der Waals surface area contributed by atoms with Gasteiger partial charge < -0.3 is 14.0 Å². The molecule has 1 unspecified atom stereocenters. The lowest BCUT2D eigenvalue weighted by Gasteiger charge is -2.29. The predicted octanol–water partition coefficient (Wildman–Crippen LogP) is 5.27. The minimum Gasteiger partial charge on any atom is -0.436 e. The highest BCUT2D eigenvalue weighted by molar-refractivity contribution is 7.75. The number of nitrogens with zero attached hydrogens (tertiary/aromatic N) is 2. The third-order valence-electron chi connectivity index (χ3n) is 8.63. The van der Waals surface area contributed by atoms with Crippen LogP contribution in [0, 0.1) is 0 Å². The average Bonchev–Trinajstić information content (AvgIpc) is 3.70. The van der Waals surface area contributed by atoms with Crippen molar-refractivity contribution in [3.8, 4) is 28.4 Å². The number of rotatable bonds is 7. The Kier molecular flexibility index (Phi) is 8.01. The molecule has 1 atom stereocenters. The molecule has 3 aliphatic heterocycles. The highest BCUT2D eigenvalue weighted by Gasteiger charge is 2.41. The summed E-state index contributed by atoms with van der Waals surface area (Å²) in [5, 5.41) is 0.261. The van der Waals surface area contributed by atoms with Gasteiger partial charge in [0.1, 0.15) is 17.2 Å². The largest absolute Gasteiger partial charge is 0.436 e. The topological polar surface area (TPSA) is 154 Å². The molecule has 8 rings (SSSR count). The van der Waals surface area contributed by atoms with Crippen molar-refractivity contribution < 1.29 is 47.3 Å². The minimum absolute atomic E-state index is 0.0453. The van der Waals surface area contributed by atoms with Crippen LogP contribution in [0.5, 0.6) is 17.2 Å². The Morgan fingerprint density at radius 3 is 1.58 bits per heavy atom. The molecule has 0 fully saturated rings. The lowest BCUT2D eigenvalue weighted by atomic mass is 10.0. The van der Waals surface area contributed by atoms with Crippen molar-refractivity contribution >= 4 is 64.9 Å². The summed E-state index contributed by atoms with van der Waals surface area (Å²) in [6.07, 6.45) is 4.59. The van der Waals surface area contributed by atoms with Gasteiger partial charge in [-0.3, -0.25) is 23.7 Å². The normalized spacial score (nSPS) is 17.1. The maximum absolute atomic E-state index is 15.2. The first kappa shape index (κ1) is 33.0. The fourth-order valence-electron chi connectivity index (χ4n) is 6.10. The van der Waals surface area contributed by atoms with E-state index in [0.29, 0.717) is 22.2 Å². The number of imide groups is 2. The van der Waals surface area contributed by atoms with Gasteiger partial charge in [0.05, 0.1) is 33.1 Å². The summed E-state index contributed by atoms with van der Waals surface area (Å²) < 4.78 is 33.0. The van der Waals surface area contributed by atoms with E-state index in [2.05, 4.69) is 0 Å². The van der Waals surface area contributed by atoms with Crippen molar-refractivity contribution in [2.45, 2.75) is 0 Å². The van der Waals surface area contributed by atoms with Gasteiger partial charge in [-0.05, 0) is 84.4 Å². The number of anilines is 2. The van der Waals surface area contributed by atoms with Crippen LogP contribution in [0.2, 0.25) is 0 Å². The molecular formula is C40H23N2O10P. The van der Waals surface area contributed by atoms with E-state index in [1.165, 1.54) is 66.7 Å². The summed E-state index contributed by atoms with van der Waals surface area (Å²) in [5.74, 6) is -3.54. The summed E-state index contributed by atoms with van der Waals surface area (Å²) in [5.41, 5.74) is 2.03. The van der Waals surface area contributed by atoms with Crippen LogP contribution in [-0.4, -0.2) is 35.6 Å². The third-order valence-corrected chi connectivity index (χ3v) is 11.1. The molecule has 0 spiro atoms. The lowest BCUT2D eigenvalue weighted by molar-refractivity contribution is -0.121. The molecule has 0 bridgehead atoms. The fraction of sp³-hybridized carbons (Fsp3) is 0. The molecule has 0 aliphatic carbocycles. The van der Waals surface area contributed by atoms with E-state index >= 15 is 4.57 Å². The first-order valence-electron chi connectivity index (χ1n) is 16.0. The van der Waals surface area contributed by atoms with Gasteiger partial charge in [-0.15, -0.1) is 0 Å². The van der Waals surface area contributed by atoms with Crippen molar-refractivity contribution in [1.82, 2.24) is 0 Å². The van der Waals surface area contributed by atoms with E-state index in [1.807, 2.05) is 12.1 Å². The van der Waals surface area contributed by atoms with E-state index in [-0.39, 0.29) is 39.3 Å². The molecule has 0 aromatic heterocycles. The van der Waals surface area contributed by atoms with Crippen LogP contribution in [-0.2, 0) is 23.7 Å². The van der Waals surface area contributed by atoms with Crippen LogP contribution in [0.4, 0.5) is 11.4 Å². The molecule has 0 radical (unpaired) electrons. The molecule has 0 N–H and O–H groups in total. The second-order valence-electron chi connectivity index (χ2n) is 11.8. The second kappa shape index (κ2) is 12.9. The summed E-state index contributed by atoms with van der Waals surface area (Å²) in [7, 11) is -4.11. The molecule has 4 amide bonds. The molecule has 0 saturated heterocycles. The Bertz CT molecular complexity index is 2500. The van der Waals surface area contributed by atoms with Crippen molar-refractivity contribution in [2.24, 2.45) is 0 Å². The van der Waals surface area contributed by atoms with E-state index < -0.39 is 42.9 Å². The van der Waals surface area contributed by atoms with Crippen LogP contribution >= 0.6 is 7.37 Å². The molecular weight excluding hydrogens is 699 g/mol.